The van der Waals surface area contributed by atoms with Crippen LogP contribution < -0.4 is 4.74 Å². The van der Waals surface area contributed by atoms with Gasteiger partial charge in [0.05, 0.1) is 12.1 Å². The highest BCUT2D eigenvalue weighted by Gasteiger charge is 2.34. The molecule has 3 heterocycles. The third kappa shape index (κ3) is 3.98. The van der Waals surface area contributed by atoms with Gasteiger partial charge in [0.1, 0.15) is 6.10 Å². The fourth-order valence-corrected chi connectivity index (χ4v) is 3.05. The van der Waals surface area contributed by atoms with Gasteiger partial charge in [-0.1, -0.05) is 0 Å². The van der Waals surface area contributed by atoms with E-state index >= 15 is 0 Å². The Balaban J connectivity index is 1.57. The minimum atomic E-state index is -4.43. The number of hydrogen-bond donors (Lipinski definition) is 0. The average molecular weight is 344 g/mol. The van der Waals surface area contributed by atoms with E-state index in [1.54, 1.807) is 4.90 Å². The van der Waals surface area contributed by atoms with Gasteiger partial charge in [-0.3, -0.25) is 4.79 Å². The number of aromatic nitrogens is 1. The summed E-state index contributed by atoms with van der Waals surface area (Å²) in [6, 6.07) is 1.80. The molecule has 0 aliphatic carbocycles. The number of ether oxygens (including phenoxy) is 2. The van der Waals surface area contributed by atoms with Crippen LogP contribution in [0.1, 0.15) is 24.8 Å². The quantitative estimate of drug-likeness (QED) is 0.845. The Labute approximate surface area is 137 Å². The van der Waals surface area contributed by atoms with Crippen molar-refractivity contribution in [2.45, 2.75) is 31.5 Å². The molecule has 1 aromatic heterocycles. The predicted molar refractivity (Wildman–Crippen MR) is 78.4 cm³/mol. The van der Waals surface area contributed by atoms with Gasteiger partial charge in [0.15, 0.2) is 0 Å². The van der Waals surface area contributed by atoms with Gasteiger partial charge >= 0.3 is 6.18 Å². The minimum Gasteiger partial charge on any atom is -0.472 e. The van der Waals surface area contributed by atoms with E-state index in [1.807, 2.05) is 0 Å². The van der Waals surface area contributed by atoms with E-state index in [0.29, 0.717) is 32.7 Å². The molecule has 0 N–H and O–H groups in total. The summed E-state index contributed by atoms with van der Waals surface area (Å²) in [5.41, 5.74) is -0.791. The molecule has 2 fully saturated rings. The Morgan fingerprint density at radius 3 is 2.75 bits per heavy atom. The number of pyridine rings is 1. The van der Waals surface area contributed by atoms with Crippen LogP contribution in [0.15, 0.2) is 18.3 Å². The molecule has 0 bridgehead atoms. The van der Waals surface area contributed by atoms with Crippen LogP contribution in [0.3, 0.4) is 0 Å². The number of nitrogens with zero attached hydrogens (tertiary/aromatic N) is 2. The minimum absolute atomic E-state index is 0.0239. The van der Waals surface area contributed by atoms with Crippen molar-refractivity contribution in [2.24, 2.45) is 5.92 Å². The first-order valence-electron chi connectivity index (χ1n) is 8.00. The molecule has 2 saturated heterocycles. The van der Waals surface area contributed by atoms with E-state index in [0.717, 1.165) is 31.2 Å². The SMILES string of the molecule is O=C(C1CCOCC1)N1CCC(Oc2cc(C(F)(F)F)ccn2)C1. The Morgan fingerprint density at radius 1 is 1.29 bits per heavy atom. The van der Waals surface area contributed by atoms with Gasteiger partial charge in [0, 0.05) is 44.4 Å². The molecule has 3 rings (SSSR count). The Kier molecular flexibility index (Phi) is 4.93. The maximum absolute atomic E-state index is 12.7. The van der Waals surface area contributed by atoms with Gasteiger partial charge in [0.25, 0.3) is 0 Å². The molecule has 1 aromatic rings. The number of rotatable bonds is 3. The fourth-order valence-electron chi connectivity index (χ4n) is 3.05. The molecule has 1 unspecified atom stereocenters. The molecule has 24 heavy (non-hydrogen) atoms. The largest absolute Gasteiger partial charge is 0.472 e. The monoisotopic (exact) mass is 344 g/mol. The van der Waals surface area contributed by atoms with Crippen LogP contribution in [0.4, 0.5) is 13.2 Å². The van der Waals surface area contributed by atoms with Gasteiger partial charge in [0.2, 0.25) is 11.8 Å². The second kappa shape index (κ2) is 6.96. The highest BCUT2D eigenvalue weighted by molar-refractivity contribution is 5.79. The fraction of sp³-hybridized carbons (Fsp3) is 0.625. The summed E-state index contributed by atoms with van der Waals surface area (Å²) in [6.07, 6.45) is -1.65. The summed E-state index contributed by atoms with van der Waals surface area (Å²) in [4.78, 5) is 18.0. The van der Waals surface area contributed by atoms with Crippen molar-refractivity contribution in [2.75, 3.05) is 26.3 Å². The number of carbonyl (C=O) groups excluding carboxylic acids is 1. The number of likely N-dealkylation sites (tertiary alicyclic amines) is 1. The highest BCUT2D eigenvalue weighted by Crippen LogP contribution is 2.31. The van der Waals surface area contributed by atoms with Crippen molar-refractivity contribution >= 4 is 5.91 Å². The summed E-state index contributed by atoms with van der Waals surface area (Å²) in [7, 11) is 0. The Hall–Kier alpha value is -1.83. The van der Waals surface area contributed by atoms with Crippen LogP contribution >= 0.6 is 0 Å². The molecular formula is C16H19F3N2O3. The molecule has 2 aliphatic rings. The molecule has 0 aromatic carbocycles. The molecule has 5 nitrogen and oxygen atoms in total. The number of hydrogen-bond acceptors (Lipinski definition) is 4. The zero-order valence-corrected chi connectivity index (χ0v) is 13.1. The van der Waals surface area contributed by atoms with Crippen molar-refractivity contribution in [3.63, 3.8) is 0 Å². The van der Waals surface area contributed by atoms with Crippen molar-refractivity contribution in [1.82, 2.24) is 9.88 Å². The maximum atomic E-state index is 12.7. The predicted octanol–water partition coefficient (Wildman–Crippen LogP) is 2.51. The topological polar surface area (TPSA) is 51.7 Å². The Bertz CT molecular complexity index is 588. The van der Waals surface area contributed by atoms with Crippen molar-refractivity contribution in [3.05, 3.63) is 23.9 Å². The lowest BCUT2D eigenvalue weighted by Crippen LogP contribution is -2.38. The molecular weight excluding hydrogens is 325 g/mol. The normalized spacial score (nSPS) is 22.6. The lowest BCUT2D eigenvalue weighted by Gasteiger charge is -2.26. The molecule has 1 atom stereocenters. The van der Waals surface area contributed by atoms with Gasteiger partial charge in [-0.2, -0.15) is 13.2 Å². The summed E-state index contributed by atoms with van der Waals surface area (Å²) in [5.74, 6) is 0.000717. The second-order valence-corrected chi connectivity index (χ2v) is 6.08. The standard InChI is InChI=1S/C16H19F3N2O3/c17-16(18,19)12-1-5-20-14(9-12)24-13-2-6-21(10-13)15(22)11-3-7-23-8-4-11/h1,5,9,11,13H,2-4,6-8,10H2. The molecule has 8 heteroatoms. The second-order valence-electron chi connectivity index (χ2n) is 6.08. The van der Waals surface area contributed by atoms with Crippen LogP contribution in [-0.4, -0.2) is 48.2 Å². The number of alkyl halides is 3. The number of halogens is 3. The van der Waals surface area contributed by atoms with Crippen LogP contribution in [0.25, 0.3) is 0 Å². The van der Waals surface area contributed by atoms with E-state index < -0.39 is 11.7 Å². The lowest BCUT2D eigenvalue weighted by molar-refractivity contribution is -0.138. The summed E-state index contributed by atoms with van der Waals surface area (Å²) in [5, 5.41) is 0. The molecule has 132 valence electrons. The highest BCUT2D eigenvalue weighted by atomic mass is 19.4. The summed E-state index contributed by atoms with van der Waals surface area (Å²) < 4.78 is 48.9. The molecule has 0 radical (unpaired) electrons. The van der Waals surface area contributed by atoms with Gasteiger partial charge in [-0.05, 0) is 18.9 Å². The van der Waals surface area contributed by atoms with Gasteiger partial charge in [-0.25, -0.2) is 4.98 Å². The van der Waals surface area contributed by atoms with Crippen LogP contribution in [-0.2, 0) is 15.7 Å². The zero-order valence-electron chi connectivity index (χ0n) is 13.1. The lowest BCUT2D eigenvalue weighted by atomic mass is 9.99. The van der Waals surface area contributed by atoms with E-state index in [4.69, 9.17) is 9.47 Å². The van der Waals surface area contributed by atoms with E-state index in [1.165, 1.54) is 0 Å². The van der Waals surface area contributed by atoms with Gasteiger partial charge < -0.3 is 14.4 Å². The van der Waals surface area contributed by atoms with Crippen LogP contribution in [0.5, 0.6) is 5.88 Å². The van der Waals surface area contributed by atoms with Crippen molar-refractivity contribution < 1.29 is 27.4 Å². The first-order valence-corrected chi connectivity index (χ1v) is 8.00. The maximum Gasteiger partial charge on any atom is 0.416 e. The van der Waals surface area contributed by atoms with Gasteiger partial charge in [-0.15, -0.1) is 0 Å². The third-order valence-corrected chi connectivity index (χ3v) is 4.38. The molecule has 0 spiro atoms. The molecule has 0 saturated carbocycles. The molecule has 2 aliphatic heterocycles. The third-order valence-electron chi connectivity index (χ3n) is 4.38. The average Bonchev–Trinajstić information content (AvgIpc) is 3.03. The first-order chi connectivity index (χ1) is 11.4. The number of carbonyl (C=O) groups is 1. The Morgan fingerprint density at radius 2 is 2.04 bits per heavy atom. The first kappa shape index (κ1) is 17.0. The van der Waals surface area contributed by atoms with E-state index in [-0.39, 0.29) is 23.8 Å². The van der Waals surface area contributed by atoms with Crippen molar-refractivity contribution in [3.8, 4) is 5.88 Å². The smallest absolute Gasteiger partial charge is 0.416 e. The zero-order chi connectivity index (χ0) is 17.2. The summed E-state index contributed by atoms with van der Waals surface area (Å²) >= 11 is 0. The van der Waals surface area contributed by atoms with Crippen LogP contribution in [0, 0.1) is 5.92 Å². The van der Waals surface area contributed by atoms with Crippen LogP contribution in [0.2, 0.25) is 0 Å². The number of amides is 1. The van der Waals surface area contributed by atoms with Crippen molar-refractivity contribution in [1.29, 1.82) is 0 Å². The summed E-state index contributed by atoms with van der Waals surface area (Å²) in [6.45, 7) is 2.13. The molecule has 1 amide bonds. The van der Waals surface area contributed by atoms with E-state index in [2.05, 4.69) is 4.98 Å². The van der Waals surface area contributed by atoms with E-state index in [9.17, 15) is 18.0 Å².